The van der Waals surface area contributed by atoms with E-state index in [9.17, 15) is 13.6 Å². The van der Waals surface area contributed by atoms with Crippen molar-refractivity contribution in [2.45, 2.75) is 18.3 Å². The first-order chi connectivity index (χ1) is 13.1. The molecule has 0 aliphatic rings. The van der Waals surface area contributed by atoms with E-state index >= 15 is 0 Å². The molecule has 0 aliphatic carbocycles. The minimum atomic E-state index is -2.85. The van der Waals surface area contributed by atoms with Crippen LogP contribution in [0.2, 0.25) is 0 Å². The monoisotopic (exact) mass is 389 g/mol. The molecule has 0 spiro atoms. The molecule has 2 aromatic carbocycles. The highest BCUT2D eigenvalue weighted by atomic mass is 32.2. The van der Waals surface area contributed by atoms with E-state index in [0.717, 1.165) is 16.4 Å². The highest BCUT2D eigenvalue weighted by Crippen LogP contribution is 2.19. The maximum absolute atomic E-state index is 12.3. The van der Waals surface area contributed by atoms with Gasteiger partial charge in [0.15, 0.2) is 5.16 Å². The number of benzene rings is 2. The zero-order valence-corrected chi connectivity index (χ0v) is 15.2. The number of imidazole rings is 1. The first-order valence-corrected chi connectivity index (χ1v) is 9.29. The van der Waals surface area contributed by atoms with E-state index < -0.39 is 6.61 Å². The van der Waals surface area contributed by atoms with Crippen molar-refractivity contribution in [2.75, 3.05) is 6.26 Å². The second-order valence-corrected chi connectivity index (χ2v) is 6.31. The molecule has 5 nitrogen and oxygen atoms in total. The summed E-state index contributed by atoms with van der Waals surface area (Å²) in [5.41, 5.74) is 2.23. The average Bonchev–Trinajstić information content (AvgIpc) is 3.16. The number of halogens is 2. The third-order valence-electron chi connectivity index (χ3n) is 3.80. The van der Waals surface area contributed by atoms with Crippen LogP contribution in [-0.4, -0.2) is 28.3 Å². The lowest BCUT2D eigenvalue weighted by Gasteiger charge is -2.09. The molecule has 1 amide bonds. The zero-order valence-electron chi connectivity index (χ0n) is 14.4. The van der Waals surface area contributed by atoms with Crippen LogP contribution in [0, 0.1) is 0 Å². The van der Waals surface area contributed by atoms with Crippen LogP contribution in [0.1, 0.15) is 15.9 Å². The van der Waals surface area contributed by atoms with Gasteiger partial charge in [-0.2, -0.15) is 8.78 Å². The van der Waals surface area contributed by atoms with E-state index in [1.165, 1.54) is 23.9 Å². The summed E-state index contributed by atoms with van der Waals surface area (Å²) < 4.78 is 30.5. The molecule has 0 fully saturated rings. The molecule has 0 radical (unpaired) electrons. The van der Waals surface area contributed by atoms with Crippen molar-refractivity contribution in [3.8, 4) is 11.4 Å². The van der Waals surface area contributed by atoms with Gasteiger partial charge < -0.3 is 10.1 Å². The largest absolute Gasteiger partial charge is 0.435 e. The summed E-state index contributed by atoms with van der Waals surface area (Å²) in [4.78, 5) is 16.5. The fourth-order valence-electron chi connectivity index (χ4n) is 2.48. The molecule has 1 N–H and O–H groups in total. The highest BCUT2D eigenvalue weighted by Gasteiger charge is 2.08. The number of nitrogens with zero attached hydrogens (tertiary/aromatic N) is 2. The summed E-state index contributed by atoms with van der Waals surface area (Å²) in [6.07, 6.45) is 5.54. The van der Waals surface area contributed by atoms with Gasteiger partial charge in [-0.05, 0) is 48.2 Å². The van der Waals surface area contributed by atoms with E-state index in [-0.39, 0.29) is 18.2 Å². The van der Waals surface area contributed by atoms with Crippen LogP contribution in [0.3, 0.4) is 0 Å². The van der Waals surface area contributed by atoms with Crippen LogP contribution in [-0.2, 0) is 6.54 Å². The number of ether oxygens (including phenoxy) is 1. The Bertz CT molecular complexity index is 896. The minimum Gasteiger partial charge on any atom is -0.435 e. The van der Waals surface area contributed by atoms with Crippen molar-refractivity contribution < 1.29 is 18.3 Å². The molecule has 0 unspecified atom stereocenters. The minimum absolute atomic E-state index is 0.0831. The maximum Gasteiger partial charge on any atom is 0.387 e. The summed E-state index contributed by atoms with van der Waals surface area (Å²) in [6, 6.07) is 13.3. The van der Waals surface area contributed by atoms with Gasteiger partial charge in [0.1, 0.15) is 5.75 Å². The Hall–Kier alpha value is -2.87. The number of alkyl halides is 2. The van der Waals surface area contributed by atoms with E-state index in [0.29, 0.717) is 5.56 Å². The van der Waals surface area contributed by atoms with Gasteiger partial charge in [0, 0.05) is 30.2 Å². The quantitative estimate of drug-likeness (QED) is 0.618. The Morgan fingerprint density at radius 1 is 1.19 bits per heavy atom. The number of amides is 1. The molecule has 3 aromatic rings. The summed E-state index contributed by atoms with van der Waals surface area (Å²) in [5, 5.41) is 3.67. The summed E-state index contributed by atoms with van der Waals surface area (Å²) in [5.74, 6) is -0.134. The van der Waals surface area contributed by atoms with Gasteiger partial charge in [-0.1, -0.05) is 23.9 Å². The topological polar surface area (TPSA) is 56.2 Å². The molecule has 0 atom stereocenters. The first kappa shape index (κ1) is 18.9. The van der Waals surface area contributed by atoms with Crippen LogP contribution in [0.5, 0.6) is 5.75 Å². The lowest BCUT2D eigenvalue weighted by Crippen LogP contribution is -2.22. The van der Waals surface area contributed by atoms with Crippen LogP contribution >= 0.6 is 11.8 Å². The molecule has 27 heavy (non-hydrogen) atoms. The van der Waals surface area contributed by atoms with Gasteiger partial charge in [-0.3, -0.25) is 9.36 Å². The van der Waals surface area contributed by atoms with Gasteiger partial charge in [-0.25, -0.2) is 4.98 Å². The Kier molecular flexibility index (Phi) is 6.08. The number of aromatic nitrogens is 2. The molecule has 0 bridgehead atoms. The smallest absolute Gasteiger partial charge is 0.387 e. The number of nitrogens with one attached hydrogen (secondary N) is 1. The van der Waals surface area contributed by atoms with Crippen molar-refractivity contribution in [3.63, 3.8) is 0 Å². The molecule has 140 valence electrons. The van der Waals surface area contributed by atoms with Gasteiger partial charge >= 0.3 is 6.61 Å². The fraction of sp³-hybridized carbons (Fsp3) is 0.158. The van der Waals surface area contributed by atoms with E-state index in [1.54, 1.807) is 30.5 Å². The SMILES string of the molecule is CSc1nccn1-c1ccc(C(=O)NCc2ccc(OC(F)F)cc2)cc1. The van der Waals surface area contributed by atoms with Gasteiger partial charge in [0.2, 0.25) is 0 Å². The number of hydrogen-bond acceptors (Lipinski definition) is 4. The molecule has 1 aromatic heterocycles. The Morgan fingerprint density at radius 3 is 2.52 bits per heavy atom. The van der Waals surface area contributed by atoms with Gasteiger partial charge in [0.05, 0.1) is 0 Å². The van der Waals surface area contributed by atoms with E-state index in [4.69, 9.17) is 0 Å². The molecule has 8 heteroatoms. The molecular formula is C19H17F2N3O2S. The number of rotatable bonds is 7. The third-order valence-corrected chi connectivity index (χ3v) is 4.47. The van der Waals surface area contributed by atoms with Crippen molar-refractivity contribution in [1.29, 1.82) is 0 Å². The normalized spacial score (nSPS) is 10.8. The number of carbonyl (C=O) groups excluding carboxylic acids is 1. The van der Waals surface area contributed by atoms with Crippen molar-refractivity contribution in [2.24, 2.45) is 0 Å². The molecular weight excluding hydrogens is 372 g/mol. The lowest BCUT2D eigenvalue weighted by molar-refractivity contribution is -0.0498. The summed E-state index contributed by atoms with van der Waals surface area (Å²) >= 11 is 1.54. The second kappa shape index (κ2) is 8.68. The number of carbonyl (C=O) groups is 1. The van der Waals surface area contributed by atoms with Crippen molar-refractivity contribution in [3.05, 3.63) is 72.1 Å². The van der Waals surface area contributed by atoms with Crippen molar-refractivity contribution >= 4 is 17.7 Å². The number of hydrogen-bond donors (Lipinski definition) is 1. The second-order valence-electron chi connectivity index (χ2n) is 5.54. The van der Waals surface area contributed by atoms with Crippen LogP contribution < -0.4 is 10.1 Å². The molecule has 0 saturated carbocycles. The predicted molar refractivity (Wildman–Crippen MR) is 99.6 cm³/mol. The molecule has 1 heterocycles. The average molecular weight is 389 g/mol. The van der Waals surface area contributed by atoms with E-state index in [2.05, 4.69) is 15.0 Å². The highest BCUT2D eigenvalue weighted by molar-refractivity contribution is 7.98. The summed E-state index contributed by atoms with van der Waals surface area (Å²) in [7, 11) is 0. The Labute approximate surface area is 159 Å². The van der Waals surface area contributed by atoms with Crippen LogP contribution in [0.25, 0.3) is 5.69 Å². The fourth-order valence-corrected chi connectivity index (χ4v) is 3.01. The first-order valence-electron chi connectivity index (χ1n) is 8.06. The lowest BCUT2D eigenvalue weighted by atomic mass is 10.1. The Morgan fingerprint density at radius 2 is 1.89 bits per heavy atom. The molecule has 0 saturated heterocycles. The van der Waals surface area contributed by atoms with Gasteiger partial charge in [0.25, 0.3) is 5.91 Å². The molecule has 3 rings (SSSR count). The Balaban J connectivity index is 1.59. The van der Waals surface area contributed by atoms with Crippen LogP contribution in [0.4, 0.5) is 8.78 Å². The van der Waals surface area contributed by atoms with Crippen LogP contribution in [0.15, 0.2) is 66.1 Å². The number of thioether (sulfide) groups is 1. The zero-order chi connectivity index (χ0) is 19.2. The molecule has 0 aliphatic heterocycles. The standard InChI is InChI=1S/C19H17F2N3O2S/c1-27-19-22-10-11-24(19)15-6-4-14(5-7-15)17(25)23-12-13-2-8-16(9-3-13)26-18(20)21/h2-11,18H,12H2,1H3,(H,23,25). The predicted octanol–water partition coefficient (Wildman–Crippen LogP) is 4.13. The van der Waals surface area contributed by atoms with Crippen molar-refractivity contribution in [1.82, 2.24) is 14.9 Å². The van der Waals surface area contributed by atoms with Gasteiger partial charge in [-0.15, -0.1) is 0 Å². The third kappa shape index (κ3) is 4.85. The summed E-state index contributed by atoms with van der Waals surface area (Å²) in [6.45, 7) is -2.57. The van der Waals surface area contributed by atoms with E-state index in [1.807, 2.05) is 29.2 Å². The maximum atomic E-state index is 12.3.